The zero-order valence-corrected chi connectivity index (χ0v) is 23.7. The Morgan fingerprint density at radius 2 is 1.73 bits per heavy atom. The summed E-state index contributed by atoms with van der Waals surface area (Å²) in [6.45, 7) is 5.88. The Morgan fingerprint density at radius 1 is 0.976 bits per heavy atom. The van der Waals surface area contributed by atoms with Gasteiger partial charge in [0.2, 0.25) is 5.88 Å². The summed E-state index contributed by atoms with van der Waals surface area (Å²) in [5.74, 6) is 0.677. The van der Waals surface area contributed by atoms with Gasteiger partial charge in [-0.15, -0.1) is 0 Å². The van der Waals surface area contributed by atoms with Gasteiger partial charge in [0, 0.05) is 48.3 Å². The van der Waals surface area contributed by atoms with E-state index in [-0.39, 0.29) is 23.2 Å². The lowest BCUT2D eigenvalue weighted by atomic mass is 9.78. The first-order chi connectivity index (χ1) is 20.0. The van der Waals surface area contributed by atoms with Crippen LogP contribution in [0.25, 0.3) is 5.69 Å². The number of nitrogens with zero attached hydrogens (tertiary/aromatic N) is 3. The molecule has 0 spiro atoms. The second-order valence-electron chi connectivity index (χ2n) is 10.1. The van der Waals surface area contributed by atoms with Crippen molar-refractivity contribution in [3.05, 3.63) is 117 Å². The van der Waals surface area contributed by atoms with Crippen molar-refractivity contribution in [3.63, 3.8) is 0 Å². The lowest BCUT2D eigenvalue weighted by Gasteiger charge is -2.32. The lowest BCUT2D eigenvalue weighted by Crippen LogP contribution is -2.34. The van der Waals surface area contributed by atoms with Crippen molar-refractivity contribution < 1.29 is 14.3 Å². The molecule has 1 atom stereocenters. The first-order valence-electron chi connectivity index (χ1n) is 13.9. The molecule has 1 aliphatic heterocycles. The maximum Gasteiger partial charge on any atom is 0.312 e. The fourth-order valence-electron chi connectivity index (χ4n) is 5.65. The van der Waals surface area contributed by atoms with Crippen LogP contribution in [0.15, 0.2) is 95.0 Å². The number of benzene rings is 3. The Hall–Kier alpha value is -4.36. The molecular weight excluding hydrogens is 538 g/mol. The number of carbonyl (C=O) groups excluding carboxylic acids is 1. The Labute approximate surface area is 243 Å². The molecule has 2 aliphatic rings. The third-order valence-electron chi connectivity index (χ3n) is 7.63. The second kappa shape index (κ2) is 11.3. The average Bonchev–Trinajstić information content (AvgIpc) is 2.98. The maximum absolute atomic E-state index is 14.5. The van der Waals surface area contributed by atoms with Crippen LogP contribution in [0, 0.1) is 0 Å². The van der Waals surface area contributed by atoms with E-state index in [9.17, 15) is 9.59 Å². The van der Waals surface area contributed by atoms with Crippen LogP contribution in [0.1, 0.15) is 50.2 Å². The van der Waals surface area contributed by atoms with E-state index in [0.29, 0.717) is 52.6 Å². The molecule has 4 aromatic rings. The number of ether oxygens (including phenoxy) is 2. The number of rotatable bonds is 7. The number of allylic oxidation sites excluding steroid dienone is 2. The number of hydrogen-bond acceptors (Lipinski definition) is 6. The molecule has 0 fully saturated rings. The van der Waals surface area contributed by atoms with Gasteiger partial charge in [-0.2, -0.15) is 4.98 Å². The summed E-state index contributed by atoms with van der Waals surface area (Å²) in [7, 11) is 0. The SMILES string of the molecule is CCN(CC)c1cccc(Oc2nc3c(c(=O)n2-c2ccc(Cl)cc2)C(c2ccccc2)C2=C(CCCC2=O)O3)c1. The molecule has 1 aromatic heterocycles. The maximum atomic E-state index is 14.5. The number of Topliss-reactive ketones (excluding diaryl/α,β-unsaturated/α-hetero) is 1. The molecule has 0 radical (unpaired) electrons. The first-order valence-corrected chi connectivity index (χ1v) is 14.3. The van der Waals surface area contributed by atoms with Crippen LogP contribution in [0.4, 0.5) is 5.69 Å². The van der Waals surface area contributed by atoms with Crippen LogP contribution in [-0.4, -0.2) is 28.4 Å². The summed E-state index contributed by atoms with van der Waals surface area (Å²) in [4.78, 5) is 34.8. The van der Waals surface area contributed by atoms with Gasteiger partial charge >= 0.3 is 6.01 Å². The number of hydrogen-bond donors (Lipinski definition) is 0. The monoisotopic (exact) mass is 567 g/mol. The zero-order valence-electron chi connectivity index (χ0n) is 23.0. The molecule has 8 heteroatoms. The van der Waals surface area contributed by atoms with E-state index in [1.807, 2.05) is 54.6 Å². The van der Waals surface area contributed by atoms with Gasteiger partial charge in [-0.1, -0.05) is 48.0 Å². The van der Waals surface area contributed by atoms with E-state index in [1.165, 1.54) is 4.57 Å². The molecule has 41 heavy (non-hydrogen) atoms. The molecule has 0 N–H and O–H groups in total. The summed E-state index contributed by atoms with van der Waals surface area (Å²) in [6.07, 6.45) is 1.72. The molecule has 2 heterocycles. The fraction of sp³-hybridized carbons (Fsp3) is 0.242. The molecule has 208 valence electrons. The van der Waals surface area contributed by atoms with Gasteiger partial charge in [0.1, 0.15) is 11.5 Å². The van der Waals surface area contributed by atoms with E-state index < -0.39 is 5.92 Å². The van der Waals surface area contributed by atoms with E-state index in [0.717, 1.165) is 24.3 Å². The Morgan fingerprint density at radius 3 is 2.46 bits per heavy atom. The van der Waals surface area contributed by atoms with Gasteiger partial charge in [-0.25, -0.2) is 4.57 Å². The molecule has 7 nitrogen and oxygen atoms in total. The topological polar surface area (TPSA) is 73.7 Å². The number of anilines is 1. The van der Waals surface area contributed by atoms with Gasteiger partial charge in [-0.05, 0) is 62.2 Å². The van der Waals surface area contributed by atoms with Crippen molar-refractivity contribution in [2.24, 2.45) is 0 Å². The standard InChI is InChI=1S/C33H30ClN3O4/c1-3-36(4-2)24-12-8-13-25(20-24)40-33-35-31-30(32(39)37(33)23-18-16-22(34)17-19-23)28(21-10-6-5-7-11-21)29-26(38)14-9-15-27(29)41-31/h5-8,10-13,16-20,28H,3-4,9,14-15H2,1-2H3. The largest absolute Gasteiger partial charge is 0.442 e. The van der Waals surface area contributed by atoms with Crippen LogP contribution in [0.2, 0.25) is 5.02 Å². The van der Waals surface area contributed by atoms with Crippen LogP contribution >= 0.6 is 11.6 Å². The van der Waals surface area contributed by atoms with Gasteiger partial charge in [0.15, 0.2) is 5.78 Å². The summed E-state index contributed by atoms with van der Waals surface area (Å²) in [6, 6.07) is 24.3. The van der Waals surface area contributed by atoms with Crippen LogP contribution in [-0.2, 0) is 4.79 Å². The van der Waals surface area contributed by atoms with Gasteiger partial charge in [-0.3, -0.25) is 9.59 Å². The number of fused-ring (bicyclic) bond motifs is 1. The summed E-state index contributed by atoms with van der Waals surface area (Å²) in [5, 5.41) is 0.537. The van der Waals surface area contributed by atoms with Gasteiger partial charge < -0.3 is 14.4 Å². The van der Waals surface area contributed by atoms with Crippen molar-refractivity contribution in [2.45, 2.75) is 39.0 Å². The van der Waals surface area contributed by atoms with Crippen molar-refractivity contribution in [2.75, 3.05) is 18.0 Å². The highest BCUT2D eigenvalue weighted by Crippen LogP contribution is 2.45. The molecule has 0 saturated heterocycles. The Kier molecular flexibility index (Phi) is 7.37. The highest BCUT2D eigenvalue weighted by atomic mass is 35.5. The minimum absolute atomic E-state index is 0.00302. The first kappa shape index (κ1) is 26.8. The molecule has 0 saturated carbocycles. The quantitative estimate of drug-likeness (QED) is 0.238. The Balaban J connectivity index is 1.57. The van der Waals surface area contributed by atoms with E-state index >= 15 is 0 Å². The molecule has 0 bridgehead atoms. The molecule has 3 aromatic carbocycles. The number of carbonyl (C=O) groups is 1. The Bertz CT molecular complexity index is 1690. The normalized spacial score (nSPS) is 16.1. The van der Waals surface area contributed by atoms with Gasteiger partial charge in [0.25, 0.3) is 5.56 Å². The van der Waals surface area contributed by atoms with Gasteiger partial charge in [0.05, 0.1) is 17.2 Å². The van der Waals surface area contributed by atoms with Crippen molar-refractivity contribution >= 4 is 23.1 Å². The summed E-state index contributed by atoms with van der Waals surface area (Å²) >= 11 is 6.19. The molecule has 6 rings (SSSR count). The summed E-state index contributed by atoms with van der Waals surface area (Å²) in [5.41, 5.74) is 2.85. The number of ketones is 1. The van der Waals surface area contributed by atoms with Crippen LogP contribution in [0.3, 0.4) is 0 Å². The van der Waals surface area contributed by atoms with Crippen molar-refractivity contribution in [1.29, 1.82) is 0 Å². The fourth-order valence-corrected chi connectivity index (χ4v) is 5.77. The minimum Gasteiger partial charge on any atom is -0.442 e. The third-order valence-corrected chi connectivity index (χ3v) is 7.88. The lowest BCUT2D eigenvalue weighted by molar-refractivity contribution is -0.116. The van der Waals surface area contributed by atoms with Crippen molar-refractivity contribution in [1.82, 2.24) is 9.55 Å². The molecule has 0 amide bonds. The van der Waals surface area contributed by atoms with E-state index in [1.54, 1.807) is 24.3 Å². The van der Waals surface area contributed by atoms with Crippen LogP contribution < -0.4 is 19.9 Å². The van der Waals surface area contributed by atoms with Crippen molar-refractivity contribution in [3.8, 4) is 23.3 Å². The summed E-state index contributed by atoms with van der Waals surface area (Å²) < 4.78 is 14.0. The van der Waals surface area contributed by atoms with E-state index in [4.69, 9.17) is 26.1 Å². The highest BCUT2D eigenvalue weighted by Gasteiger charge is 2.40. The van der Waals surface area contributed by atoms with E-state index in [2.05, 4.69) is 18.7 Å². The molecule has 1 unspecified atom stereocenters. The minimum atomic E-state index is -0.596. The highest BCUT2D eigenvalue weighted by molar-refractivity contribution is 6.30. The smallest absolute Gasteiger partial charge is 0.312 e. The number of aromatic nitrogens is 2. The molecule has 1 aliphatic carbocycles. The predicted molar refractivity (Wildman–Crippen MR) is 160 cm³/mol. The zero-order chi connectivity index (χ0) is 28.5. The van der Waals surface area contributed by atoms with Crippen LogP contribution in [0.5, 0.6) is 17.6 Å². The average molecular weight is 568 g/mol. The second-order valence-corrected chi connectivity index (χ2v) is 10.5. The predicted octanol–water partition coefficient (Wildman–Crippen LogP) is 7.06. The molecular formula is C33H30ClN3O4. The number of halogens is 1. The third kappa shape index (κ3) is 5.02.